The summed E-state index contributed by atoms with van der Waals surface area (Å²) in [5, 5.41) is 10.1. The third-order valence-electron chi connectivity index (χ3n) is 1.99. The quantitative estimate of drug-likeness (QED) is 0.508. The van der Waals surface area contributed by atoms with Gasteiger partial charge in [0, 0.05) is 18.1 Å². The van der Waals surface area contributed by atoms with Crippen LogP contribution in [0.15, 0.2) is 60.7 Å². The molecule has 0 aliphatic carbocycles. The van der Waals surface area contributed by atoms with Gasteiger partial charge in [-0.25, -0.2) is 0 Å². The Morgan fingerprint density at radius 3 is 1.72 bits per heavy atom. The number of hydrogen-bond acceptors (Lipinski definition) is 3. The second-order valence-corrected chi connectivity index (χ2v) is 3.45. The van der Waals surface area contributed by atoms with E-state index in [0.717, 1.165) is 11.3 Å². The van der Waals surface area contributed by atoms with Crippen LogP contribution >= 0.6 is 0 Å². The molecule has 0 aromatic heterocycles. The van der Waals surface area contributed by atoms with Crippen molar-refractivity contribution in [2.75, 3.05) is 5.73 Å². The maximum absolute atomic E-state index is 10.1. The molecule has 0 saturated heterocycles. The summed E-state index contributed by atoms with van der Waals surface area (Å²) in [6.07, 6.45) is 0.000833. The number of aliphatic carboxylic acids is 1. The Labute approximate surface area is 129 Å². The van der Waals surface area contributed by atoms with Gasteiger partial charge in [-0.1, -0.05) is 48.5 Å². The van der Waals surface area contributed by atoms with Crippen LogP contribution in [-0.2, 0) is 11.2 Å². The molecule has 0 aliphatic rings. The molecule has 3 nitrogen and oxygen atoms in total. The van der Waals surface area contributed by atoms with Crippen molar-refractivity contribution < 1.29 is 39.5 Å². The number of hydrogen-bond donors (Lipinski definition) is 1. The minimum atomic E-state index is -1.04. The fourth-order valence-electron chi connectivity index (χ4n) is 1.22. The summed E-state index contributed by atoms with van der Waals surface area (Å²) in [5.41, 5.74) is 6.96. The van der Waals surface area contributed by atoms with E-state index < -0.39 is 5.97 Å². The molecule has 0 radical (unpaired) electrons. The molecule has 0 aliphatic heterocycles. The smallest absolute Gasteiger partial charge is 0.550 e. The first-order valence-electron chi connectivity index (χ1n) is 5.23. The molecule has 18 heavy (non-hydrogen) atoms. The summed E-state index contributed by atoms with van der Waals surface area (Å²) in [6.45, 7) is 0. The molecule has 0 unspecified atom stereocenters. The van der Waals surface area contributed by atoms with E-state index in [0.29, 0.717) is 0 Å². The molecular weight excluding hydrogens is 237 g/mol. The Hall–Kier alpha value is -1.29. The first kappa shape index (κ1) is 16.7. The maximum Gasteiger partial charge on any atom is 1.00 e. The SMILES string of the molecule is Nc1ccccc1.O=C([O-])Cc1ccccc1.[Na+]. The Kier molecular flexibility index (Phi) is 9.01. The Morgan fingerprint density at radius 2 is 1.39 bits per heavy atom. The summed E-state index contributed by atoms with van der Waals surface area (Å²) in [6, 6.07) is 18.5. The molecule has 2 N–H and O–H groups in total. The number of anilines is 1. The van der Waals surface area contributed by atoms with Crippen molar-refractivity contribution in [3.8, 4) is 0 Å². The molecule has 0 fully saturated rings. The first-order valence-corrected chi connectivity index (χ1v) is 5.23. The summed E-state index contributed by atoms with van der Waals surface area (Å²) in [5.74, 6) is -1.04. The number of nitrogens with two attached hydrogens (primary N) is 1. The van der Waals surface area contributed by atoms with E-state index >= 15 is 0 Å². The van der Waals surface area contributed by atoms with Gasteiger partial charge in [-0.2, -0.15) is 0 Å². The third kappa shape index (κ3) is 7.90. The van der Waals surface area contributed by atoms with Gasteiger partial charge in [0.15, 0.2) is 0 Å². The molecular formula is C14H14NNaO2. The number of carbonyl (C=O) groups is 1. The van der Waals surface area contributed by atoms with E-state index in [2.05, 4.69) is 0 Å². The number of para-hydroxylation sites is 1. The molecule has 0 heterocycles. The van der Waals surface area contributed by atoms with Crippen LogP contribution in [0.1, 0.15) is 5.56 Å². The Bertz CT molecular complexity index is 446. The van der Waals surface area contributed by atoms with E-state index in [4.69, 9.17) is 5.73 Å². The number of carboxylic acids is 1. The second-order valence-electron chi connectivity index (χ2n) is 3.45. The molecule has 0 saturated carbocycles. The number of carbonyl (C=O) groups excluding carboxylic acids is 1. The van der Waals surface area contributed by atoms with Crippen molar-refractivity contribution in [3.05, 3.63) is 66.2 Å². The maximum atomic E-state index is 10.1. The van der Waals surface area contributed by atoms with Crippen LogP contribution in [-0.4, -0.2) is 5.97 Å². The van der Waals surface area contributed by atoms with Gasteiger partial charge in [-0.3, -0.25) is 0 Å². The van der Waals surface area contributed by atoms with E-state index in [1.165, 1.54) is 0 Å². The zero-order valence-electron chi connectivity index (χ0n) is 10.4. The fraction of sp³-hybridized carbons (Fsp3) is 0.0714. The fourth-order valence-corrected chi connectivity index (χ4v) is 1.22. The normalized spacial score (nSPS) is 8.44. The van der Waals surface area contributed by atoms with Crippen LogP contribution < -0.4 is 40.4 Å². The topological polar surface area (TPSA) is 66.2 Å². The summed E-state index contributed by atoms with van der Waals surface area (Å²) in [4.78, 5) is 10.1. The van der Waals surface area contributed by atoms with Gasteiger partial charge < -0.3 is 15.6 Å². The number of carboxylic acid groups (broad SMARTS) is 1. The number of rotatable bonds is 2. The van der Waals surface area contributed by atoms with E-state index in [1.807, 2.05) is 36.4 Å². The van der Waals surface area contributed by atoms with Gasteiger partial charge in [-0.05, 0) is 17.7 Å². The molecule has 2 rings (SSSR count). The van der Waals surface area contributed by atoms with Crippen LogP contribution in [0.2, 0.25) is 0 Å². The minimum Gasteiger partial charge on any atom is -0.550 e. The minimum absolute atomic E-state index is 0. The van der Waals surface area contributed by atoms with Gasteiger partial charge in [0.2, 0.25) is 0 Å². The molecule has 4 heteroatoms. The van der Waals surface area contributed by atoms with Crippen LogP contribution in [0, 0.1) is 0 Å². The molecule has 0 amide bonds. The van der Waals surface area contributed by atoms with Gasteiger partial charge in [0.25, 0.3) is 0 Å². The average molecular weight is 251 g/mol. The average Bonchev–Trinajstić information content (AvgIpc) is 2.31. The van der Waals surface area contributed by atoms with Crippen molar-refractivity contribution in [3.63, 3.8) is 0 Å². The number of benzene rings is 2. The third-order valence-corrected chi connectivity index (χ3v) is 1.99. The van der Waals surface area contributed by atoms with Gasteiger partial charge >= 0.3 is 29.6 Å². The van der Waals surface area contributed by atoms with Crippen LogP contribution in [0.3, 0.4) is 0 Å². The predicted octanol–water partition coefficient (Wildman–Crippen LogP) is -1.75. The van der Waals surface area contributed by atoms with E-state index in [1.54, 1.807) is 24.3 Å². The summed E-state index contributed by atoms with van der Waals surface area (Å²) in [7, 11) is 0. The van der Waals surface area contributed by atoms with Crippen molar-refractivity contribution in [2.45, 2.75) is 6.42 Å². The standard InChI is InChI=1S/C8H8O2.C6H7N.Na/c9-8(10)6-7-4-2-1-3-5-7;7-6-4-2-1-3-5-6;/h1-5H,6H2,(H,9,10);1-5H,7H2;/q;;+1/p-1. The largest absolute Gasteiger partial charge is 1.00 e. The molecule has 0 bridgehead atoms. The Morgan fingerprint density at radius 1 is 0.944 bits per heavy atom. The van der Waals surface area contributed by atoms with Gasteiger partial charge in [0.05, 0.1) is 0 Å². The van der Waals surface area contributed by atoms with Crippen LogP contribution in [0.5, 0.6) is 0 Å². The first-order chi connectivity index (χ1) is 8.18. The van der Waals surface area contributed by atoms with E-state index in [-0.39, 0.29) is 36.0 Å². The van der Waals surface area contributed by atoms with Gasteiger partial charge in [-0.15, -0.1) is 0 Å². The van der Waals surface area contributed by atoms with Crippen molar-refractivity contribution >= 4 is 11.7 Å². The Balaban J connectivity index is 0.000000321. The van der Waals surface area contributed by atoms with Crippen molar-refractivity contribution in [1.29, 1.82) is 0 Å². The summed E-state index contributed by atoms with van der Waals surface area (Å²) < 4.78 is 0. The van der Waals surface area contributed by atoms with Crippen LogP contribution in [0.4, 0.5) is 5.69 Å². The molecule has 0 spiro atoms. The molecule has 0 atom stereocenters. The van der Waals surface area contributed by atoms with Gasteiger partial charge in [0.1, 0.15) is 0 Å². The predicted molar refractivity (Wildman–Crippen MR) is 66.0 cm³/mol. The monoisotopic (exact) mass is 251 g/mol. The number of nitrogen functional groups attached to an aromatic ring is 1. The van der Waals surface area contributed by atoms with Crippen LogP contribution in [0.25, 0.3) is 0 Å². The molecule has 2 aromatic rings. The van der Waals surface area contributed by atoms with Crippen molar-refractivity contribution in [2.24, 2.45) is 0 Å². The molecule has 88 valence electrons. The second kappa shape index (κ2) is 9.71. The van der Waals surface area contributed by atoms with E-state index in [9.17, 15) is 9.90 Å². The molecule has 2 aromatic carbocycles. The zero-order chi connectivity index (χ0) is 12.5. The van der Waals surface area contributed by atoms with Crippen molar-refractivity contribution in [1.82, 2.24) is 0 Å². The zero-order valence-corrected chi connectivity index (χ0v) is 12.4. The summed E-state index contributed by atoms with van der Waals surface area (Å²) >= 11 is 0.